The second kappa shape index (κ2) is 6.46. The van der Waals surface area contributed by atoms with Crippen LogP contribution in [0.4, 0.5) is 5.69 Å². The Morgan fingerprint density at radius 1 is 1.45 bits per heavy atom. The fraction of sp³-hybridized carbons (Fsp3) is 0.625. The maximum absolute atomic E-state index is 10.1. The summed E-state index contributed by atoms with van der Waals surface area (Å²) in [5.41, 5.74) is 7.52. The molecule has 4 nitrogen and oxygen atoms in total. The molecule has 0 radical (unpaired) electrons. The monoisotopic (exact) mass is 278 g/mol. The van der Waals surface area contributed by atoms with Crippen LogP contribution in [0.3, 0.4) is 0 Å². The van der Waals surface area contributed by atoms with E-state index < -0.39 is 6.10 Å². The van der Waals surface area contributed by atoms with Crippen LogP contribution < -0.4 is 15.4 Å². The van der Waals surface area contributed by atoms with Gasteiger partial charge in [0.05, 0.1) is 18.3 Å². The van der Waals surface area contributed by atoms with Crippen LogP contribution in [-0.2, 0) is 0 Å². The molecule has 0 bridgehead atoms. The standard InChI is InChI=1S/C16H26N2O2/c1-4-13-10-18(11(2)3)14-9-12(15(19)7-8-17)5-6-16(14)20-13/h5-6,9,11,13,15,19H,4,7-8,10,17H2,1-3H3. The molecule has 0 saturated carbocycles. The van der Waals surface area contributed by atoms with E-state index in [0.29, 0.717) is 19.0 Å². The van der Waals surface area contributed by atoms with Crippen molar-refractivity contribution in [3.05, 3.63) is 23.8 Å². The van der Waals surface area contributed by atoms with Gasteiger partial charge < -0.3 is 20.5 Å². The number of ether oxygens (including phenoxy) is 1. The van der Waals surface area contributed by atoms with Crippen LogP contribution in [-0.4, -0.2) is 30.3 Å². The molecular weight excluding hydrogens is 252 g/mol. The molecule has 112 valence electrons. The van der Waals surface area contributed by atoms with Crippen molar-refractivity contribution >= 4 is 5.69 Å². The first-order chi connectivity index (χ1) is 9.56. The Kier molecular flexibility index (Phi) is 4.89. The normalized spacial score (nSPS) is 19.7. The van der Waals surface area contributed by atoms with Gasteiger partial charge in [-0.3, -0.25) is 0 Å². The minimum absolute atomic E-state index is 0.240. The average molecular weight is 278 g/mol. The zero-order valence-electron chi connectivity index (χ0n) is 12.7. The van der Waals surface area contributed by atoms with Gasteiger partial charge in [0.1, 0.15) is 11.9 Å². The number of benzene rings is 1. The molecule has 4 heteroatoms. The highest BCUT2D eigenvalue weighted by Crippen LogP contribution is 2.37. The highest BCUT2D eigenvalue weighted by Gasteiger charge is 2.27. The number of aliphatic hydroxyl groups excluding tert-OH is 1. The predicted molar refractivity (Wildman–Crippen MR) is 82.3 cm³/mol. The van der Waals surface area contributed by atoms with Crippen LogP contribution in [0.25, 0.3) is 0 Å². The van der Waals surface area contributed by atoms with Gasteiger partial charge in [0.15, 0.2) is 0 Å². The summed E-state index contributed by atoms with van der Waals surface area (Å²) in [7, 11) is 0. The summed E-state index contributed by atoms with van der Waals surface area (Å²) < 4.78 is 6.01. The second-order valence-electron chi connectivity index (χ2n) is 5.71. The lowest BCUT2D eigenvalue weighted by atomic mass is 10.0. The summed E-state index contributed by atoms with van der Waals surface area (Å²) in [5, 5.41) is 10.1. The number of rotatable bonds is 5. The number of fused-ring (bicyclic) bond motifs is 1. The summed E-state index contributed by atoms with van der Waals surface area (Å²) in [4.78, 5) is 2.35. The minimum Gasteiger partial charge on any atom is -0.486 e. The van der Waals surface area contributed by atoms with Crippen LogP contribution in [0.15, 0.2) is 18.2 Å². The third-order valence-corrected chi connectivity index (χ3v) is 3.89. The van der Waals surface area contributed by atoms with Crippen LogP contribution in [0.1, 0.15) is 45.3 Å². The van der Waals surface area contributed by atoms with Gasteiger partial charge in [-0.1, -0.05) is 13.0 Å². The molecule has 1 aromatic rings. The summed E-state index contributed by atoms with van der Waals surface area (Å²) in [5.74, 6) is 0.917. The first-order valence-corrected chi connectivity index (χ1v) is 7.52. The molecule has 1 heterocycles. The Morgan fingerprint density at radius 2 is 2.20 bits per heavy atom. The fourth-order valence-corrected chi connectivity index (χ4v) is 2.63. The number of nitrogens with zero attached hydrogens (tertiary/aromatic N) is 1. The summed E-state index contributed by atoms with van der Waals surface area (Å²) >= 11 is 0. The van der Waals surface area contributed by atoms with E-state index in [2.05, 4.69) is 25.7 Å². The Balaban J connectivity index is 2.33. The minimum atomic E-state index is -0.497. The van der Waals surface area contributed by atoms with Crippen molar-refractivity contribution in [3.63, 3.8) is 0 Å². The SMILES string of the molecule is CCC1CN(C(C)C)c2cc(C(O)CCN)ccc2O1. The first kappa shape index (κ1) is 15.1. The molecule has 0 aliphatic carbocycles. The van der Waals surface area contributed by atoms with Crippen molar-refractivity contribution < 1.29 is 9.84 Å². The van der Waals surface area contributed by atoms with E-state index in [9.17, 15) is 5.11 Å². The second-order valence-corrected chi connectivity index (χ2v) is 5.71. The topological polar surface area (TPSA) is 58.7 Å². The molecule has 3 N–H and O–H groups in total. The number of aliphatic hydroxyl groups is 1. The average Bonchev–Trinajstić information content (AvgIpc) is 2.45. The summed E-state index contributed by atoms with van der Waals surface area (Å²) in [6, 6.07) is 6.37. The molecule has 20 heavy (non-hydrogen) atoms. The Bertz CT molecular complexity index is 448. The zero-order chi connectivity index (χ0) is 14.7. The third kappa shape index (κ3) is 3.07. The number of nitrogens with two attached hydrogens (primary N) is 1. The molecule has 1 aromatic carbocycles. The van der Waals surface area contributed by atoms with Gasteiger partial charge in [-0.05, 0) is 50.9 Å². The lowest BCUT2D eigenvalue weighted by Crippen LogP contribution is -2.43. The van der Waals surface area contributed by atoms with E-state index in [1.165, 1.54) is 0 Å². The van der Waals surface area contributed by atoms with E-state index in [4.69, 9.17) is 10.5 Å². The smallest absolute Gasteiger partial charge is 0.143 e. The first-order valence-electron chi connectivity index (χ1n) is 7.52. The van der Waals surface area contributed by atoms with Gasteiger partial charge in [0, 0.05) is 6.04 Å². The van der Waals surface area contributed by atoms with Crippen molar-refractivity contribution in [1.82, 2.24) is 0 Å². The molecular formula is C16H26N2O2. The van der Waals surface area contributed by atoms with Gasteiger partial charge in [-0.15, -0.1) is 0 Å². The van der Waals surface area contributed by atoms with Gasteiger partial charge >= 0.3 is 0 Å². The van der Waals surface area contributed by atoms with Gasteiger partial charge in [-0.25, -0.2) is 0 Å². The van der Waals surface area contributed by atoms with Crippen molar-refractivity contribution in [2.75, 3.05) is 18.0 Å². The van der Waals surface area contributed by atoms with Crippen molar-refractivity contribution in [2.45, 2.75) is 51.9 Å². The third-order valence-electron chi connectivity index (χ3n) is 3.89. The van der Waals surface area contributed by atoms with Crippen molar-refractivity contribution in [2.24, 2.45) is 5.73 Å². The molecule has 0 amide bonds. The highest BCUT2D eigenvalue weighted by atomic mass is 16.5. The van der Waals surface area contributed by atoms with Gasteiger partial charge in [0.25, 0.3) is 0 Å². The van der Waals surface area contributed by atoms with E-state index in [0.717, 1.165) is 30.0 Å². The largest absolute Gasteiger partial charge is 0.486 e. The van der Waals surface area contributed by atoms with E-state index in [-0.39, 0.29) is 6.10 Å². The Labute approximate surface area is 121 Å². The molecule has 1 aliphatic heterocycles. The van der Waals surface area contributed by atoms with Crippen molar-refractivity contribution in [1.29, 1.82) is 0 Å². The van der Waals surface area contributed by atoms with Gasteiger partial charge in [0.2, 0.25) is 0 Å². The highest BCUT2D eigenvalue weighted by molar-refractivity contribution is 5.62. The van der Waals surface area contributed by atoms with Crippen LogP contribution >= 0.6 is 0 Å². The molecule has 0 saturated heterocycles. The molecule has 2 atom stereocenters. The summed E-state index contributed by atoms with van der Waals surface area (Å²) in [6.45, 7) is 7.90. The van der Waals surface area contributed by atoms with Crippen molar-refractivity contribution in [3.8, 4) is 5.75 Å². The molecule has 0 fully saturated rings. The summed E-state index contributed by atoms with van der Waals surface area (Å²) in [6.07, 6.45) is 1.33. The quantitative estimate of drug-likeness (QED) is 0.868. The number of anilines is 1. The molecule has 2 rings (SSSR count). The molecule has 0 spiro atoms. The lowest BCUT2D eigenvalue weighted by Gasteiger charge is -2.39. The van der Waals surface area contributed by atoms with Crippen LogP contribution in [0.2, 0.25) is 0 Å². The molecule has 2 unspecified atom stereocenters. The van der Waals surface area contributed by atoms with Crippen LogP contribution in [0.5, 0.6) is 5.75 Å². The number of hydrogen-bond donors (Lipinski definition) is 2. The Hall–Kier alpha value is -1.26. The van der Waals surface area contributed by atoms with E-state index in [1.54, 1.807) is 0 Å². The maximum atomic E-state index is 10.1. The fourth-order valence-electron chi connectivity index (χ4n) is 2.63. The zero-order valence-corrected chi connectivity index (χ0v) is 12.7. The maximum Gasteiger partial charge on any atom is 0.143 e. The predicted octanol–water partition coefficient (Wildman–Crippen LogP) is 2.45. The van der Waals surface area contributed by atoms with E-state index in [1.807, 2.05) is 18.2 Å². The number of hydrogen-bond acceptors (Lipinski definition) is 4. The molecule has 1 aliphatic rings. The Morgan fingerprint density at radius 3 is 2.80 bits per heavy atom. The van der Waals surface area contributed by atoms with Crippen LogP contribution in [0, 0.1) is 0 Å². The molecule has 0 aromatic heterocycles. The van der Waals surface area contributed by atoms with Gasteiger partial charge in [-0.2, -0.15) is 0 Å². The van der Waals surface area contributed by atoms with E-state index >= 15 is 0 Å². The lowest BCUT2D eigenvalue weighted by molar-refractivity contribution is 0.168.